The van der Waals surface area contributed by atoms with E-state index < -0.39 is 11.9 Å². The third-order valence-electron chi connectivity index (χ3n) is 6.39. The topological polar surface area (TPSA) is 108 Å². The van der Waals surface area contributed by atoms with Crippen LogP contribution in [0.25, 0.3) is 0 Å². The number of likely N-dealkylation sites (tertiary alicyclic amines) is 1. The van der Waals surface area contributed by atoms with E-state index in [0.29, 0.717) is 29.5 Å². The Bertz CT molecular complexity index is 788. The SMILES string of the molecule is NC(C1CCNCC1)C1CCCCN1C1=Nc2ccccc2C(=O)C1C(=O)O. The zero-order valence-electron chi connectivity index (χ0n) is 16.0. The summed E-state index contributed by atoms with van der Waals surface area (Å²) in [6, 6.07) is 6.97. The van der Waals surface area contributed by atoms with Crippen molar-refractivity contribution in [1.29, 1.82) is 0 Å². The molecule has 3 heterocycles. The first-order valence-corrected chi connectivity index (χ1v) is 10.3. The van der Waals surface area contributed by atoms with Crippen LogP contribution in [-0.4, -0.2) is 59.3 Å². The minimum absolute atomic E-state index is 0.0236. The van der Waals surface area contributed by atoms with Crippen LogP contribution < -0.4 is 11.1 Å². The quantitative estimate of drug-likeness (QED) is 0.686. The van der Waals surface area contributed by atoms with Gasteiger partial charge < -0.3 is 21.1 Å². The van der Waals surface area contributed by atoms with Gasteiger partial charge in [0.1, 0.15) is 5.84 Å². The first-order chi connectivity index (χ1) is 13.6. The van der Waals surface area contributed by atoms with E-state index in [-0.39, 0.29) is 17.9 Å². The standard InChI is InChI=1S/C21H28N4O3/c22-18(13-8-10-23-11-9-13)16-7-3-4-12-25(16)20-17(21(27)28)19(26)14-5-1-2-6-15(14)24-20/h1-2,5-6,13,16-18,23H,3-4,7-12,22H2,(H,27,28). The van der Waals surface area contributed by atoms with Crippen molar-refractivity contribution in [2.45, 2.75) is 44.2 Å². The van der Waals surface area contributed by atoms with Crippen molar-refractivity contribution in [2.24, 2.45) is 22.6 Å². The lowest BCUT2D eigenvalue weighted by atomic mass is 9.81. The number of nitrogens with one attached hydrogen (secondary N) is 1. The molecule has 3 aliphatic rings. The van der Waals surface area contributed by atoms with Crippen LogP contribution in [-0.2, 0) is 4.79 Å². The second-order valence-electron chi connectivity index (χ2n) is 8.04. The Morgan fingerprint density at radius 1 is 1.21 bits per heavy atom. The molecular formula is C21H28N4O3. The number of Topliss-reactive ketones (excluding diaryl/α,β-unsaturated/α-hetero) is 1. The van der Waals surface area contributed by atoms with Crippen LogP contribution in [0.3, 0.4) is 0 Å². The fourth-order valence-electron chi connectivity index (χ4n) is 4.88. The Morgan fingerprint density at radius 2 is 1.96 bits per heavy atom. The number of nitrogens with zero attached hydrogens (tertiary/aromatic N) is 2. The molecule has 28 heavy (non-hydrogen) atoms. The Labute approximate surface area is 165 Å². The highest BCUT2D eigenvalue weighted by Gasteiger charge is 2.43. The summed E-state index contributed by atoms with van der Waals surface area (Å²) in [5.41, 5.74) is 7.65. The van der Waals surface area contributed by atoms with Crippen molar-refractivity contribution in [2.75, 3.05) is 19.6 Å². The molecule has 0 aromatic heterocycles. The third-order valence-corrected chi connectivity index (χ3v) is 6.39. The van der Waals surface area contributed by atoms with Gasteiger partial charge in [0, 0.05) is 24.2 Å². The fourth-order valence-corrected chi connectivity index (χ4v) is 4.88. The normalized spacial score (nSPS) is 27.1. The number of carboxylic acid groups (broad SMARTS) is 1. The third kappa shape index (κ3) is 3.44. The Hall–Kier alpha value is -2.25. The van der Waals surface area contributed by atoms with E-state index in [4.69, 9.17) is 5.73 Å². The van der Waals surface area contributed by atoms with Gasteiger partial charge in [-0.2, -0.15) is 0 Å². The highest BCUT2D eigenvalue weighted by Crippen LogP contribution is 2.34. The second kappa shape index (κ2) is 8.01. The summed E-state index contributed by atoms with van der Waals surface area (Å²) in [6.07, 6.45) is 4.99. The van der Waals surface area contributed by atoms with Crippen LogP contribution in [0, 0.1) is 11.8 Å². The van der Waals surface area contributed by atoms with Gasteiger partial charge in [-0.15, -0.1) is 0 Å². The predicted octanol–water partition coefficient (Wildman–Crippen LogP) is 1.80. The number of hydrogen-bond donors (Lipinski definition) is 3. The Morgan fingerprint density at radius 3 is 2.71 bits per heavy atom. The summed E-state index contributed by atoms with van der Waals surface area (Å²) >= 11 is 0. The number of para-hydroxylation sites is 1. The number of piperidine rings is 2. The maximum absolute atomic E-state index is 13.0. The van der Waals surface area contributed by atoms with Gasteiger partial charge in [-0.25, -0.2) is 4.99 Å². The Kier molecular flexibility index (Phi) is 5.46. The predicted molar refractivity (Wildman–Crippen MR) is 107 cm³/mol. The molecule has 0 aliphatic carbocycles. The van der Waals surface area contributed by atoms with E-state index in [1.165, 1.54) is 0 Å². The molecule has 4 N–H and O–H groups in total. The van der Waals surface area contributed by atoms with Gasteiger partial charge in [0.05, 0.1) is 5.69 Å². The van der Waals surface area contributed by atoms with Crippen molar-refractivity contribution < 1.29 is 14.7 Å². The number of amidine groups is 1. The molecule has 0 amide bonds. The van der Waals surface area contributed by atoms with Crippen LogP contribution in [0.4, 0.5) is 5.69 Å². The average molecular weight is 384 g/mol. The Balaban J connectivity index is 1.70. The van der Waals surface area contributed by atoms with E-state index in [0.717, 1.165) is 45.2 Å². The van der Waals surface area contributed by atoms with Gasteiger partial charge in [0.2, 0.25) is 0 Å². The van der Waals surface area contributed by atoms with Gasteiger partial charge in [-0.3, -0.25) is 9.59 Å². The number of nitrogens with two attached hydrogens (primary N) is 1. The van der Waals surface area contributed by atoms with E-state index in [9.17, 15) is 14.7 Å². The number of aliphatic carboxylic acids is 1. The number of aliphatic imine (C=N–C) groups is 1. The number of rotatable bonds is 3. The molecule has 3 unspecified atom stereocenters. The molecule has 3 aliphatic heterocycles. The molecular weight excluding hydrogens is 356 g/mol. The second-order valence-corrected chi connectivity index (χ2v) is 8.04. The summed E-state index contributed by atoms with van der Waals surface area (Å²) in [4.78, 5) is 31.7. The average Bonchev–Trinajstić information content (AvgIpc) is 2.73. The molecule has 0 saturated carbocycles. The van der Waals surface area contributed by atoms with E-state index in [1.54, 1.807) is 18.2 Å². The molecule has 0 radical (unpaired) electrons. The number of carbonyl (C=O) groups is 2. The van der Waals surface area contributed by atoms with E-state index in [2.05, 4.69) is 10.3 Å². The first-order valence-electron chi connectivity index (χ1n) is 10.3. The molecule has 0 bridgehead atoms. The smallest absolute Gasteiger partial charge is 0.322 e. The first kappa shape index (κ1) is 19.1. The van der Waals surface area contributed by atoms with E-state index in [1.807, 2.05) is 11.0 Å². The molecule has 3 atom stereocenters. The molecule has 7 nitrogen and oxygen atoms in total. The van der Waals surface area contributed by atoms with Gasteiger partial charge in [0.15, 0.2) is 11.7 Å². The lowest BCUT2D eigenvalue weighted by molar-refractivity contribution is -0.138. The summed E-state index contributed by atoms with van der Waals surface area (Å²) in [6.45, 7) is 2.63. The molecule has 150 valence electrons. The molecule has 4 rings (SSSR count). The largest absolute Gasteiger partial charge is 0.480 e. The minimum atomic E-state index is -1.25. The van der Waals surface area contributed by atoms with Gasteiger partial charge >= 0.3 is 5.97 Å². The summed E-state index contributed by atoms with van der Waals surface area (Å²) in [7, 11) is 0. The highest BCUT2D eigenvalue weighted by molar-refractivity contribution is 6.26. The summed E-state index contributed by atoms with van der Waals surface area (Å²) in [5, 5.41) is 13.2. The van der Waals surface area contributed by atoms with Gasteiger partial charge in [-0.05, 0) is 63.2 Å². The van der Waals surface area contributed by atoms with Crippen LogP contribution in [0.15, 0.2) is 29.3 Å². The number of carbonyl (C=O) groups excluding carboxylic acids is 1. The molecule has 7 heteroatoms. The van der Waals surface area contributed by atoms with Gasteiger partial charge in [0.25, 0.3) is 0 Å². The van der Waals surface area contributed by atoms with Crippen molar-refractivity contribution in [3.05, 3.63) is 29.8 Å². The van der Waals surface area contributed by atoms with E-state index >= 15 is 0 Å². The minimum Gasteiger partial charge on any atom is -0.480 e. The van der Waals surface area contributed by atoms with Gasteiger partial charge in [-0.1, -0.05) is 12.1 Å². The highest BCUT2D eigenvalue weighted by atomic mass is 16.4. The van der Waals surface area contributed by atoms with Crippen LogP contribution in [0.1, 0.15) is 42.5 Å². The molecule has 1 aromatic rings. The van der Waals surface area contributed by atoms with Crippen molar-refractivity contribution in [3.8, 4) is 0 Å². The zero-order valence-corrected chi connectivity index (χ0v) is 16.0. The van der Waals surface area contributed by atoms with Crippen molar-refractivity contribution in [1.82, 2.24) is 10.2 Å². The number of fused-ring (bicyclic) bond motifs is 1. The van der Waals surface area contributed by atoms with Crippen LogP contribution in [0.5, 0.6) is 0 Å². The zero-order chi connectivity index (χ0) is 19.7. The summed E-state index contributed by atoms with van der Waals surface area (Å²) < 4.78 is 0. The van der Waals surface area contributed by atoms with Crippen molar-refractivity contribution in [3.63, 3.8) is 0 Å². The molecule has 2 fully saturated rings. The summed E-state index contributed by atoms with van der Waals surface area (Å²) in [5.74, 6) is -2.01. The molecule has 1 aromatic carbocycles. The maximum Gasteiger partial charge on any atom is 0.322 e. The van der Waals surface area contributed by atoms with Crippen molar-refractivity contribution >= 4 is 23.3 Å². The number of ketones is 1. The number of carboxylic acids is 1. The monoisotopic (exact) mass is 384 g/mol. The lowest BCUT2D eigenvalue weighted by Crippen LogP contribution is -2.59. The van der Waals surface area contributed by atoms with Crippen LogP contribution in [0.2, 0.25) is 0 Å². The fraction of sp³-hybridized carbons (Fsp3) is 0.571. The number of hydrogen-bond acceptors (Lipinski definition) is 6. The molecule has 0 spiro atoms. The maximum atomic E-state index is 13.0. The van der Waals surface area contributed by atoms with Crippen LogP contribution >= 0.6 is 0 Å². The lowest BCUT2D eigenvalue weighted by Gasteiger charge is -2.45. The molecule has 2 saturated heterocycles. The number of benzene rings is 1.